The second-order valence-corrected chi connectivity index (χ2v) is 5.24. The summed E-state index contributed by atoms with van der Waals surface area (Å²) in [6.07, 6.45) is 2.77. The minimum atomic E-state index is -0.531. The Morgan fingerprint density at radius 3 is 2.78 bits per heavy atom. The number of esters is 1. The van der Waals surface area contributed by atoms with E-state index in [1.54, 1.807) is 12.1 Å². The summed E-state index contributed by atoms with van der Waals surface area (Å²) in [7, 11) is 0. The minimum Gasteiger partial charge on any atom is -0.452 e. The van der Waals surface area contributed by atoms with Crippen molar-refractivity contribution in [3.63, 3.8) is 0 Å². The van der Waals surface area contributed by atoms with Crippen LogP contribution in [0.25, 0.3) is 17.5 Å². The molecule has 0 saturated heterocycles. The summed E-state index contributed by atoms with van der Waals surface area (Å²) in [6.45, 7) is -0.0924. The van der Waals surface area contributed by atoms with Gasteiger partial charge in [-0.05, 0) is 34.1 Å². The van der Waals surface area contributed by atoms with E-state index >= 15 is 0 Å². The first-order valence-electron chi connectivity index (χ1n) is 6.69. The van der Waals surface area contributed by atoms with Crippen LogP contribution >= 0.6 is 15.9 Å². The molecule has 0 saturated carbocycles. The van der Waals surface area contributed by atoms with Crippen LogP contribution in [0, 0.1) is 0 Å². The molecule has 0 aliphatic rings. The van der Waals surface area contributed by atoms with Crippen LogP contribution in [0.15, 0.2) is 62.2 Å². The van der Waals surface area contributed by atoms with Gasteiger partial charge in [0, 0.05) is 11.6 Å². The molecule has 0 aliphatic heterocycles. The second-order valence-electron chi connectivity index (χ2n) is 4.46. The van der Waals surface area contributed by atoms with Gasteiger partial charge in [0.15, 0.2) is 11.3 Å². The maximum absolute atomic E-state index is 11.6. The molecule has 23 heavy (non-hydrogen) atoms. The zero-order valence-corrected chi connectivity index (χ0v) is 13.4. The SMILES string of the molecule is O=C(/C=C/c1ccc(Br)o1)OCc1nc(-c2ccccc2)no1. The van der Waals surface area contributed by atoms with E-state index in [0.717, 1.165) is 5.56 Å². The Kier molecular flexibility index (Phi) is 4.68. The molecule has 2 heterocycles. The molecule has 0 atom stereocenters. The van der Waals surface area contributed by atoms with Crippen LogP contribution in [-0.2, 0) is 16.1 Å². The van der Waals surface area contributed by atoms with E-state index in [-0.39, 0.29) is 12.5 Å². The summed E-state index contributed by atoms with van der Waals surface area (Å²) in [4.78, 5) is 15.8. The lowest BCUT2D eigenvalue weighted by atomic mass is 10.2. The van der Waals surface area contributed by atoms with Gasteiger partial charge in [0.1, 0.15) is 5.76 Å². The molecule has 1 aromatic carbocycles. The average Bonchev–Trinajstić information content (AvgIpc) is 3.21. The van der Waals surface area contributed by atoms with Crippen molar-refractivity contribution in [2.75, 3.05) is 0 Å². The molecule has 0 unspecified atom stereocenters. The molecule has 3 aromatic rings. The highest BCUT2D eigenvalue weighted by Crippen LogP contribution is 2.16. The highest BCUT2D eigenvalue weighted by Gasteiger charge is 2.09. The van der Waals surface area contributed by atoms with Crippen LogP contribution in [0.4, 0.5) is 0 Å². The van der Waals surface area contributed by atoms with Crippen molar-refractivity contribution < 1.29 is 18.5 Å². The molecule has 0 amide bonds. The average molecular weight is 375 g/mol. The van der Waals surface area contributed by atoms with Crippen molar-refractivity contribution in [2.45, 2.75) is 6.61 Å². The Balaban J connectivity index is 1.55. The highest BCUT2D eigenvalue weighted by molar-refractivity contribution is 9.10. The number of rotatable bonds is 5. The summed E-state index contributed by atoms with van der Waals surface area (Å²) in [6, 6.07) is 12.8. The number of nitrogens with zero attached hydrogens (tertiary/aromatic N) is 2. The monoisotopic (exact) mass is 374 g/mol. The van der Waals surface area contributed by atoms with Gasteiger partial charge >= 0.3 is 5.97 Å². The molecule has 0 radical (unpaired) electrons. The standard InChI is InChI=1S/C16H11BrN2O4/c17-13-8-6-12(22-13)7-9-15(20)21-10-14-18-16(19-23-14)11-4-2-1-3-5-11/h1-9H,10H2/b9-7+. The van der Waals surface area contributed by atoms with E-state index in [9.17, 15) is 4.79 Å². The van der Waals surface area contributed by atoms with Gasteiger partial charge in [0.2, 0.25) is 5.82 Å². The summed E-state index contributed by atoms with van der Waals surface area (Å²) >= 11 is 3.18. The first-order chi connectivity index (χ1) is 11.2. The Labute approximate surface area is 139 Å². The molecular weight excluding hydrogens is 364 g/mol. The Morgan fingerprint density at radius 2 is 2.04 bits per heavy atom. The third-order valence-corrected chi connectivity index (χ3v) is 3.24. The predicted molar refractivity (Wildman–Crippen MR) is 85.0 cm³/mol. The van der Waals surface area contributed by atoms with Gasteiger partial charge in [-0.3, -0.25) is 0 Å². The molecule has 0 aliphatic carbocycles. The Bertz CT molecular complexity index is 823. The first-order valence-corrected chi connectivity index (χ1v) is 7.48. The summed E-state index contributed by atoms with van der Waals surface area (Å²) in [5.41, 5.74) is 0.831. The fourth-order valence-electron chi connectivity index (χ4n) is 1.77. The van der Waals surface area contributed by atoms with Gasteiger partial charge in [0.25, 0.3) is 5.89 Å². The van der Waals surface area contributed by atoms with Crippen molar-refractivity contribution in [1.82, 2.24) is 10.1 Å². The molecular formula is C16H11BrN2O4. The Morgan fingerprint density at radius 1 is 1.22 bits per heavy atom. The number of furan rings is 1. The largest absolute Gasteiger partial charge is 0.452 e. The van der Waals surface area contributed by atoms with Crippen molar-refractivity contribution in [3.8, 4) is 11.4 Å². The van der Waals surface area contributed by atoms with E-state index in [1.807, 2.05) is 30.3 Å². The highest BCUT2D eigenvalue weighted by atomic mass is 79.9. The van der Waals surface area contributed by atoms with E-state index in [0.29, 0.717) is 16.3 Å². The molecule has 0 spiro atoms. The lowest BCUT2D eigenvalue weighted by Gasteiger charge is -1.96. The normalized spacial score (nSPS) is 11.0. The predicted octanol–water partition coefficient (Wildman–Crippen LogP) is 3.85. The number of ether oxygens (including phenoxy) is 1. The quantitative estimate of drug-likeness (QED) is 0.498. The van der Waals surface area contributed by atoms with Crippen LogP contribution < -0.4 is 0 Å². The van der Waals surface area contributed by atoms with Gasteiger partial charge in [-0.2, -0.15) is 4.98 Å². The van der Waals surface area contributed by atoms with Crippen molar-refractivity contribution in [1.29, 1.82) is 0 Å². The Hall–Kier alpha value is -2.67. The molecule has 3 rings (SSSR count). The summed E-state index contributed by atoms with van der Waals surface area (Å²) in [5.74, 6) is 0.689. The van der Waals surface area contributed by atoms with E-state index in [1.165, 1.54) is 12.2 Å². The molecule has 0 N–H and O–H groups in total. The first kappa shape index (κ1) is 15.2. The third kappa shape index (κ3) is 4.17. The number of carbonyl (C=O) groups is 1. The van der Waals surface area contributed by atoms with Gasteiger partial charge in [0.05, 0.1) is 0 Å². The van der Waals surface area contributed by atoms with Crippen LogP contribution in [0.5, 0.6) is 0 Å². The van der Waals surface area contributed by atoms with E-state index < -0.39 is 5.97 Å². The number of carbonyl (C=O) groups excluding carboxylic acids is 1. The van der Waals surface area contributed by atoms with Crippen LogP contribution in [0.2, 0.25) is 0 Å². The van der Waals surface area contributed by atoms with Crippen LogP contribution in [0.1, 0.15) is 11.7 Å². The molecule has 7 heteroatoms. The fourth-order valence-corrected chi connectivity index (χ4v) is 2.09. The van der Waals surface area contributed by atoms with Gasteiger partial charge < -0.3 is 13.7 Å². The lowest BCUT2D eigenvalue weighted by Crippen LogP contribution is -2.00. The van der Waals surface area contributed by atoms with Gasteiger partial charge in [-0.25, -0.2) is 4.79 Å². The van der Waals surface area contributed by atoms with Crippen molar-refractivity contribution in [3.05, 3.63) is 64.9 Å². The van der Waals surface area contributed by atoms with Crippen molar-refractivity contribution in [2.24, 2.45) is 0 Å². The van der Waals surface area contributed by atoms with Gasteiger partial charge in [-0.1, -0.05) is 35.5 Å². The number of aromatic nitrogens is 2. The molecule has 0 bridgehead atoms. The van der Waals surface area contributed by atoms with Crippen molar-refractivity contribution >= 4 is 28.0 Å². The zero-order chi connectivity index (χ0) is 16.1. The minimum absolute atomic E-state index is 0.0924. The number of halogens is 1. The number of benzene rings is 1. The lowest BCUT2D eigenvalue weighted by molar-refractivity contribution is -0.139. The molecule has 0 fully saturated rings. The topological polar surface area (TPSA) is 78.4 Å². The second kappa shape index (κ2) is 7.06. The summed E-state index contributed by atoms with van der Waals surface area (Å²) < 4.78 is 15.9. The number of hydrogen-bond acceptors (Lipinski definition) is 6. The fraction of sp³-hybridized carbons (Fsp3) is 0.0625. The third-order valence-electron chi connectivity index (χ3n) is 2.82. The van der Waals surface area contributed by atoms with Gasteiger partial charge in [-0.15, -0.1) is 0 Å². The van der Waals surface area contributed by atoms with E-state index in [2.05, 4.69) is 26.1 Å². The molecule has 6 nitrogen and oxygen atoms in total. The maximum Gasteiger partial charge on any atom is 0.331 e. The molecule has 2 aromatic heterocycles. The van der Waals surface area contributed by atoms with E-state index in [4.69, 9.17) is 13.7 Å². The molecule has 116 valence electrons. The maximum atomic E-state index is 11.6. The van der Waals surface area contributed by atoms with Crippen LogP contribution in [-0.4, -0.2) is 16.1 Å². The smallest absolute Gasteiger partial charge is 0.331 e. The zero-order valence-electron chi connectivity index (χ0n) is 11.8. The number of hydrogen-bond donors (Lipinski definition) is 0. The van der Waals surface area contributed by atoms with Crippen LogP contribution in [0.3, 0.4) is 0 Å². The summed E-state index contributed by atoms with van der Waals surface area (Å²) in [5, 5.41) is 3.85.